The van der Waals surface area contributed by atoms with Crippen LogP contribution in [0.25, 0.3) is 0 Å². The lowest BCUT2D eigenvalue weighted by Gasteiger charge is -2.35. The Balaban J connectivity index is 2.13. The zero-order chi connectivity index (χ0) is 18.6. The van der Waals surface area contributed by atoms with Crippen molar-refractivity contribution in [2.45, 2.75) is 17.1 Å². The van der Waals surface area contributed by atoms with E-state index in [4.69, 9.17) is 9.47 Å². The van der Waals surface area contributed by atoms with Gasteiger partial charge in [0.2, 0.25) is 15.9 Å². The lowest BCUT2D eigenvalue weighted by molar-refractivity contribution is -0.131. The van der Waals surface area contributed by atoms with Crippen molar-refractivity contribution in [3.05, 3.63) is 18.2 Å². The number of hydrogen-bond donors (Lipinski definition) is 0. The number of benzene rings is 1. The molecule has 1 heterocycles. The first-order valence-corrected chi connectivity index (χ1v) is 10.6. The molecule has 0 N–H and O–H groups in total. The standard InChI is InChI=1S/C16H24N2O5S2/c1-12(24-4)16(19)17-7-9-18(10-8-17)25(20,21)13-5-6-14(22-2)15(11-13)23-3/h5-6,11-12H,7-10H2,1-4H3. The lowest BCUT2D eigenvalue weighted by atomic mass is 10.3. The highest BCUT2D eigenvalue weighted by atomic mass is 32.2. The van der Waals surface area contributed by atoms with Gasteiger partial charge in [-0.3, -0.25) is 4.79 Å². The maximum Gasteiger partial charge on any atom is 0.243 e. The van der Waals surface area contributed by atoms with Gasteiger partial charge in [-0.1, -0.05) is 0 Å². The quantitative estimate of drug-likeness (QED) is 0.731. The molecule has 0 saturated carbocycles. The highest BCUT2D eigenvalue weighted by molar-refractivity contribution is 7.99. The van der Waals surface area contributed by atoms with Crippen LogP contribution in [0.4, 0.5) is 0 Å². The number of rotatable bonds is 6. The predicted molar refractivity (Wildman–Crippen MR) is 97.9 cm³/mol. The minimum absolute atomic E-state index is 0.0515. The van der Waals surface area contributed by atoms with Crippen molar-refractivity contribution in [1.29, 1.82) is 0 Å². The van der Waals surface area contributed by atoms with Gasteiger partial charge in [-0.05, 0) is 25.3 Å². The number of carbonyl (C=O) groups is 1. The Labute approximate surface area is 153 Å². The van der Waals surface area contributed by atoms with Crippen molar-refractivity contribution in [3.8, 4) is 11.5 Å². The average molecular weight is 389 g/mol. The molecule has 0 radical (unpaired) electrons. The third-order valence-corrected chi connectivity index (χ3v) is 7.05. The van der Waals surface area contributed by atoms with Crippen molar-refractivity contribution in [2.24, 2.45) is 0 Å². The third kappa shape index (κ3) is 4.21. The number of thioether (sulfide) groups is 1. The fourth-order valence-electron chi connectivity index (χ4n) is 2.63. The van der Waals surface area contributed by atoms with E-state index in [1.807, 2.05) is 13.2 Å². The molecule has 0 bridgehead atoms. The number of nitrogens with zero attached hydrogens (tertiary/aromatic N) is 2. The van der Waals surface area contributed by atoms with Crippen LogP contribution in [-0.2, 0) is 14.8 Å². The number of methoxy groups -OCH3 is 2. The molecular weight excluding hydrogens is 364 g/mol. The summed E-state index contributed by atoms with van der Waals surface area (Å²) in [4.78, 5) is 14.1. The van der Waals surface area contributed by atoms with Gasteiger partial charge in [-0.25, -0.2) is 8.42 Å². The van der Waals surface area contributed by atoms with E-state index in [0.29, 0.717) is 24.6 Å². The number of hydrogen-bond acceptors (Lipinski definition) is 6. The molecule has 1 aliphatic heterocycles. The second kappa shape index (κ2) is 8.29. The molecule has 1 amide bonds. The molecule has 1 fully saturated rings. The van der Waals surface area contributed by atoms with Gasteiger partial charge in [0.25, 0.3) is 0 Å². The summed E-state index contributed by atoms with van der Waals surface area (Å²) < 4.78 is 37.4. The molecule has 1 saturated heterocycles. The van der Waals surface area contributed by atoms with E-state index in [9.17, 15) is 13.2 Å². The van der Waals surface area contributed by atoms with Gasteiger partial charge >= 0.3 is 0 Å². The second-order valence-corrected chi connectivity index (χ2v) is 8.74. The number of carbonyl (C=O) groups excluding carboxylic acids is 1. The molecule has 0 aromatic heterocycles. The Bertz CT molecular complexity index is 715. The van der Waals surface area contributed by atoms with Gasteiger partial charge in [0, 0.05) is 32.2 Å². The number of amides is 1. The van der Waals surface area contributed by atoms with Gasteiger partial charge in [-0.15, -0.1) is 0 Å². The highest BCUT2D eigenvalue weighted by Gasteiger charge is 2.31. The van der Waals surface area contributed by atoms with Crippen LogP contribution in [0.5, 0.6) is 11.5 Å². The molecule has 2 rings (SSSR count). The fourth-order valence-corrected chi connectivity index (χ4v) is 4.42. The molecule has 140 valence electrons. The van der Waals surface area contributed by atoms with Crippen LogP contribution in [-0.4, -0.2) is 75.4 Å². The Hall–Kier alpha value is -1.45. The molecule has 1 aromatic carbocycles. The van der Waals surface area contributed by atoms with E-state index in [0.717, 1.165) is 0 Å². The largest absolute Gasteiger partial charge is 0.493 e. The minimum atomic E-state index is -3.64. The van der Waals surface area contributed by atoms with Crippen LogP contribution in [0.15, 0.2) is 23.1 Å². The summed E-state index contributed by atoms with van der Waals surface area (Å²) >= 11 is 1.49. The molecule has 1 aliphatic rings. The summed E-state index contributed by atoms with van der Waals surface area (Å²) in [5.41, 5.74) is 0. The van der Waals surface area contributed by atoms with Crippen LogP contribution >= 0.6 is 11.8 Å². The summed E-state index contributed by atoms with van der Waals surface area (Å²) in [6, 6.07) is 4.54. The van der Waals surface area contributed by atoms with E-state index in [-0.39, 0.29) is 29.1 Å². The van der Waals surface area contributed by atoms with Gasteiger partial charge in [-0.2, -0.15) is 16.1 Å². The van der Waals surface area contributed by atoms with E-state index in [1.54, 1.807) is 11.0 Å². The van der Waals surface area contributed by atoms with Crippen LogP contribution in [0.2, 0.25) is 0 Å². The molecule has 1 aromatic rings. The highest BCUT2D eigenvalue weighted by Crippen LogP contribution is 2.31. The maximum atomic E-state index is 12.8. The average Bonchev–Trinajstić information content (AvgIpc) is 2.66. The van der Waals surface area contributed by atoms with Crippen LogP contribution in [0.1, 0.15) is 6.92 Å². The van der Waals surface area contributed by atoms with Crippen molar-refractivity contribution in [3.63, 3.8) is 0 Å². The Morgan fingerprint density at radius 2 is 1.72 bits per heavy atom. The van der Waals surface area contributed by atoms with Crippen molar-refractivity contribution in [1.82, 2.24) is 9.21 Å². The van der Waals surface area contributed by atoms with Gasteiger partial charge in [0.15, 0.2) is 11.5 Å². The first-order valence-electron chi connectivity index (χ1n) is 7.89. The molecule has 0 aliphatic carbocycles. The first kappa shape index (κ1) is 19.9. The van der Waals surface area contributed by atoms with Gasteiger partial charge in [0.1, 0.15) is 0 Å². The summed E-state index contributed by atoms with van der Waals surface area (Å²) in [7, 11) is -0.678. The first-order chi connectivity index (χ1) is 11.8. The number of ether oxygens (including phenoxy) is 2. The Kier molecular flexibility index (Phi) is 6.59. The monoisotopic (exact) mass is 388 g/mol. The summed E-state index contributed by atoms with van der Waals surface area (Å²) in [6.45, 7) is 3.22. The van der Waals surface area contributed by atoms with E-state index in [2.05, 4.69) is 0 Å². The molecule has 25 heavy (non-hydrogen) atoms. The molecule has 7 nitrogen and oxygen atoms in total. The third-order valence-electron chi connectivity index (χ3n) is 4.24. The SMILES string of the molecule is COc1ccc(S(=O)(=O)N2CCN(C(=O)C(C)SC)CC2)cc1OC. The van der Waals surface area contributed by atoms with E-state index in [1.165, 1.54) is 42.4 Å². The predicted octanol–water partition coefficient (Wildman–Crippen LogP) is 1.29. The fraction of sp³-hybridized carbons (Fsp3) is 0.562. The molecule has 1 atom stereocenters. The van der Waals surface area contributed by atoms with Crippen molar-refractivity contribution in [2.75, 3.05) is 46.7 Å². The minimum Gasteiger partial charge on any atom is -0.493 e. The topological polar surface area (TPSA) is 76.2 Å². The Morgan fingerprint density at radius 1 is 1.12 bits per heavy atom. The zero-order valence-electron chi connectivity index (χ0n) is 14.9. The Morgan fingerprint density at radius 3 is 2.24 bits per heavy atom. The van der Waals surface area contributed by atoms with E-state index >= 15 is 0 Å². The van der Waals surface area contributed by atoms with Gasteiger partial charge < -0.3 is 14.4 Å². The lowest BCUT2D eigenvalue weighted by Crippen LogP contribution is -2.52. The van der Waals surface area contributed by atoms with E-state index < -0.39 is 10.0 Å². The number of sulfonamides is 1. The van der Waals surface area contributed by atoms with Gasteiger partial charge in [0.05, 0.1) is 24.4 Å². The molecule has 0 spiro atoms. The van der Waals surface area contributed by atoms with Crippen molar-refractivity contribution < 1.29 is 22.7 Å². The van der Waals surface area contributed by atoms with Crippen molar-refractivity contribution >= 4 is 27.7 Å². The summed E-state index contributed by atoms with van der Waals surface area (Å²) in [5.74, 6) is 0.893. The molecular formula is C16H24N2O5S2. The molecule has 1 unspecified atom stereocenters. The summed E-state index contributed by atoms with van der Waals surface area (Å²) in [5, 5.41) is -0.117. The van der Waals surface area contributed by atoms with Crippen LogP contribution < -0.4 is 9.47 Å². The normalized spacial score (nSPS) is 17.2. The van der Waals surface area contributed by atoms with Crippen LogP contribution in [0.3, 0.4) is 0 Å². The zero-order valence-corrected chi connectivity index (χ0v) is 16.5. The number of piperazine rings is 1. The second-order valence-electron chi connectivity index (χ2n) is 5.62. The van der Waals surface area contributed by atoms with Crippen LogP contribution in [0, 0.1) is 0 Å². The maximum absolute atomic E-state index is 12.8. The smallest absolute Gasteiger partial charge is 0.243 e. The molecule has 9 heteroatoms. The summed E-state index contributed by atoms with van der Waals surface area (Å²) in [6.07, 6.45) is 1.89.